The number of rotatable bonds is 5. The molecule has 0 radical (unpaired) electrons. The molecule has 1 heterocycles. The van der Waals surface area contributed by atoms with Gasteiger partial charge in [-0.25, -0.2) is 0 Å². The van der Waals surface area contributed by atoms with E-state index in [1.165, 1.54) is 0 Å². The maximum Gasteiger partial charge on any atom is 0.269 e. The number of nitrogens with zero attached hydrogens (tertiary/aromatic N) is 1. The highest BCUT2D eigenvalue weighted by Crippen LogP contribution is 2.22. The third-order valence-electron chi connectivity index (χ3n) is 4.42. The molecule has 7 heteroatoms. The number of aliphatic hydroxyl groups is 2. The van der Waals surface area contributed by atoms with Gasteiger partial charge in [0.25, 0.3) is 5.91 Å². The van der Waals surface area contributed by atoms with Crippen molar-refractivity contribution >= 4 is 5.91 Å². The first-order chi connectivity index (χ1) is 12.1. The van der Waals surface area contributed by atoms with Crippen LogP contribution in [0.25, 0.3) is 11.3 Å². The summed E-state index contributed by atoms with van der Waals surface area (Å²) < 4.78 is 5.41. The number of amides is 1. The lowest BCUT2D eigenvalue weighted by Crippen LogP contribution is -2.51. The first-order valence-corrected chi connectivity index (χ1v) is 8.54. The fourth-order valence-corrected chi connectivity index (χ4v) is 3.03. The van der Waals surface area contributed by atoms with Crippen LogP contribution in [0.3, 0.4) is 0 Å². The molecule has 0 saturated heterocycles. The van der Waals surface area contributed by atoms with Gasteiger partial charge in [0.2, 0.25) is 0 Å². The molecular weight excluding hydrogens is 322 g/mol. The zero-order valence-corrected chi connectivity index (χ0v) is 14.1. The van der Waals surface area contributed by atoms with Gasteiger partial charge in [0.1, 0.15) is 11.4 Å². The fraction of sp³-hybridized carbons (Fsp3) is 0.444. The van der Waals surface area contributed by atoms with Crippen molar-refractivity contribution in [3.63, 3.8) is 0 Å². The predicted molar refractivity (Wildman–Crippen MR) is 92.3 cm³/mol. The Bertz CT molecular complexity index is 713. The van der Waals surface area contributed by atoms with Crippen molar-refractivity contribution in [2.75, 3.05) is 6.61 Å². The molecule has 4 N–H and O–H groups in total. The van der Waals surface area contributed by atoms with E-state index in [1.807, 2.05) is 31.2 Å². The fourth-order valence-electron chi connectivity index (χ4n) is 3.03. The van der Waals surface area contributed by atoms with Gasteiger partial charge in [-0.3, -0.25) is 9.89 Å². The Kier molecular flexibility index (Phi) is 5.35. The Morgan fingerprint density at radius 2 is 2.08 bits per heavy atom. The minimum Gasteiger partial charge on any atom is -0.494 e. The maximum atomic E-state index is 12.4. The zero-order chi connectivity index (χ0) is 17.8. The molecule has 1 amide bonds. The van der Waals surface area contributed by atoms with Gasteiger partial charge in [-0.15, -0.1) is 0 Å². The Labute approximate surface area is 146 Å². The SMILES string of the molecule is CCOc1ccc(-c2cc(C(=O)N[C@@H]3CCC[C@@H](O)[C@@H]3O)[nH]n2)cc1. The lowest BCUT2D eigenvalue weighted by atomic mass is 9.90. The maximum absolute atomic E-state index is 12.4. The van der Waals surface area contributed by atoms with Crippen LogP contribution in [0.4, 0.5) is 0 Å². The number of carbonyl (C=O) groups excluding carboxylic acids is 1. The van der Waals surface area contributed by atoms with Crippen LogP contribution in [0, 0.1) is 0 Å². The van der Waals surface area contributed by atoms with Gasteiger partial charge in [0.05, 0.1) is 30.6 Å². The third kappa shape index (κ3) is 4.00. The first-order valence-electron chi connectivity index (χ1n) is 8.54. The predicted octanol–water partition coefficient (Wildman–Crippen LogP) is 1.48. The number of nitrogens with one attached hydrogen (secondary N) is 2. The van der Waals surface area contributed by atoms with Gasteiger partial charge < -0.3 is 20.3 Å². The Morgan fingerprint density at radius 3 is 2.80 bits per heavy atom. The van der Waals surface area contributed by atoms with Crippen LogP contribution in [0.15, 0.2) is 30.3 Å². The summed E-state index contributed by atoms with van der Waals surface area (Å²) in [5.74, 6) is 0.437. The van der Waals surface area contributed by atoms with Crippen LogP contribution >= 0.6 is 0 Å². The van der Waals surface area contributed by atoms with Crippen LogP contribution in [0.1, 0.15) is 36.7 Å². The minimum absolute atomic E-state index is 0.316. The van der Waals surface area contributed by atoms with Crippen molar-refractivity contribution in [2.24, 2.45) is 0 Å². The van der Waals surface area contributed by atoms with Gasteiger partial charge in [-0.1, -0.05) is 0 Å². The third-order valence-corrected chi connectivity index (χ3v) is 4.42. The van der Waals surface area contributed by atoms with E-state index in [0.29, 0.717) is 30.8 Å². The van der Waals surface area contributed by atoms with Crippen molar-refractivity contribution < 1.29 is 19.7 Å². The molecular formula is C18H23N3O4. The molecule has 1 saturated carbocycles. The van der Waals surface area contributed by atoms with Crippen LogP contribution in [-0.4, -0.2) is 51.2 Å². The Morgan fingerprint density at radius 1 is 1.32 bits per heavy atom. The molecule has 7 nitrogen and oxygen atoms in total. The monoisotopic (exact) mass is 345 g/mol. The quantitative estimate of drug-likeness (QED) is 0.656. The van der Waals surface area contributed by atoms with Crippen molar-refractivity contribution in [2.45, 2.75) is 44.4 Å². The van der Waals surface area contributed by atoms with Crippen LogP contribution in [0.5, 0.6) is 5.75 Å². The molecule has 1 fully saturated rings. The van der Waals surface area contributed by atoms with Crippen molar-refractivity contribution in [3.8, 4) is 17.0 Å². The normalized spacial score (nSPS) is 23.2. The number of carbonyl (C=O) groups is 1. The summed E-state index contributed by atoms with van der Waals surface area (Å²) >= 11 is 0. The molecule has 1 aliphatic carbocycles. The number of hydrogen-bond acceptors (Lipinski definition) is 5. The summed E-state index contributed by atoms with van der Waals surface area (Å²) in [6.07, 6.45) is 0.235. The lowest BCUT2D eigenvalue weighted by Gasteiger charge is -2.32. The second-order valence-electron chi connectivity index (χ2n) is 6.19. The molecule has 0 bridgehead atoms. The highest BCUT2D eigenvalue weighted by Gasteiger charge is 2.31. The lowest BCUT2D eigenvalue weighted by molar-refractivity contribution is -0.0278. The molecule has 0 spiro atoms. The van der Waals surface area contributed by atoms with E-state index in [-0.39, 0.29) is 5.91 Å². The average Bonchev–Trinajstić information content (AvgIpc) is 3.10. The average molecular weight is 345 g/mol. The summed E-state index contributed by atoms with van der Waals surface area (Å²) in [6.45, 7) is 2.53. The number of hydrogen-bond donors (Lipinski definition) is 4. The highest BCUT2D eigenvalue weighted by atomic mass is 16.5. The second-order valence-corrected chi connectivity index (χ2v) is 6.19. The number of aliphatic hydroxyl groups excluding tert-OH is 2. The molecule has 3 rings (SSSR count). The zero-order valence-electron chi connectivity index (χ0n) is 14.1. The van der Waals surface area contributed by atoms with Crippen molar-refractivity contribution in [3.05, 3.63) is 36.0 Å². The standard InChI is InChI=1S/C18H23N3O4/c1-2-25-12-8-6-11(7-9-12)14-10-15(21-20-14)18(24)19-13-4-3-5-16(22)17(13)23/h6-10,13,16-17,22-23H,2-5H2,1H3,(H,19,24)(H,20,21)/t13-,16-,17-/m1/s1. The summed E-state index contributed by atoms with van der Waals surface area (Å²) in [5, 5.41) is 29.4. The Balaban J connectivity index is 1.67. The number of benzene rings is 1. The Hall–Kier alpha value is -2.38. The van der Waals surface area contributed by atoms with E-state index >= 15 is 0 Å². The van der Waals surface area contributed by atoms with E-state index in [9.17, 15) is 15.0 Å². The van der Waals surface area contributed by atoms with Crippen molar-refractivity contribution in [1.82, 2.24) is 15.5 Å². The number of aromatic nitrogens is 2. The largest absolute Gasteiger partial charge is 0.494 e. The van der Waals surface area contributed by atoms with E-state index in [1.54, 1.807) is 6.07 Å². The molecule has 25 heavy (non-hydrogen) atoms. The summed E-state index contributed by atoms with van der Waals surface area (Å²) in [5.41, 5.74) is 1.83. The molecule has 3 atom stereocenters. The minimum atomic E-state index is -0.939. The van der Waals surface area contributed by atoms with Gasteiger partial charge in [0.15, 0.2) is 0 Å². The van der Waals surface area contributed by atoms with Gasteiger partial charge in [-0.2, -0.15) is 5.10 Å². The molecule has 1 aromatic heterocycles. The highest BCUT2D eigenvalue weighted by molar-refractivity contribution is 5.93. The molecule has 0 aliphatic heterocycles. The van der Waals surface area contributed by atoms with Crippen molar-refractivity contribution in [1.29, 1.82) is 0 Å². The molecule has 134 valence electrons. The van der Waals surface area contributed by atoms with Gasteiger partial charge >= 0.3 is 0 Å². The molecule has 1 aliphatic rings. The molecule has 2 aromatic rings. The summed E-state index contributed by atoms with van der Waals surface area (Å²) in [7, 11) is 0. The van der Waals surface area contributed by atoms with E-state index in [0.717, 1.165) is 17.7 Å². The van der Waals surface area contributed by atoms with Crippen LogP contribution < -0.4 is 10.1 Å². The second kappa shape index (κ2) is 7.67. The topological polar surface area (TPSA) is 107 Å². The molecule has 1 aromatic carbocycles. The van der Waals surface area contributed by atoms with E-state index in [2.05, 4.69) is 15.5 Å². The van der Waals surface area contributed by atoms with E-state index < -0.39 is 18.2 Å². The number of ether oxygens (including phenoxy) is 1. The van der Waals surface area contributed by atoms with E-state index in [4.69, 9.17) is 4.74 Å². The number of H-pyrrole nitrogens is 1. The summed E-state index contributed by atoms with van der Waals surface area (Å²) in [4.78, 5) is 12.4. The van der Waals surface area contributed by atoms with Crippen LogP contribution in [-0.2, 0) is 0 Å². The first kappa shape index (κ1) is 17.4. The van der Waals surface area contributed by atoms with Gasteiger partial charge in [-0.05, 0) is 56.5 Å². The van der Waals surface area contributed by atoms with Gasteiger partial charge in [0, 0.05) is 5.56 Å². The summed E-state index contributed by atoms with van der Waals surface area (Å²) in [6, 6.07) is 8.68. The molecule has 0 unspecified atom stereocenters. The number of aromatic amines is 1. The van der Waals surface area contributed by atoms with Crippen LogP contribution in [0.2, 0.25) is 0 Å². The smallest absolute Gasteiger partial charge is 0.269 e.